The third-order valence-electron chi connectivity index (χ3n) is 5.77. The molecule has 0 spiro atoms. The summed E-state index contributed by atoms with van der Waals surface area (Å²) >= 11 is 1.70. The molecule has 0 bridgehead atoms. The fourth-order valence-electron chi connectivity index (χ4n) is 4.17. The van der Waals surface area contributed by atoms with E-state index in [1.54, 1.807) is 25.2 Å². The molecule has 3 N–H and O–H groups in total. The predicted octanol–water partition coefficient (Wildman–Crippen LogP) is 3.23. The number of anilines is 1. The lowest BCUT2D eigenvalue weighted by atomic mass is 9.84. The van der Waals surface area contributed by atoms with Gasteiger partial charge in [-0.25, -0.2) is 13.1 Å². The SMILES string of the molecule is CC(=O)Nc1c(C)cc(S(=O)(=O)NCC(=O)NCC2(c3cccs3)CCCC2)cc1C. The molecule has 0 radical (unpaired) electrons. The van der Waals surface area contributed by atoms with Crippen LogP contribution in [0.2, 0.25) is 0 Å². The van der Waals surface area contributed by atoms with Crippen LogP contribution in [-0.2, 0) is 25.0 Å². The lowest BCUT2D eigenvalue weighted by Crippen LogP contribution is -2.43. The Morgan fingerprint density at radius 1 is 1.13 bits per heavy atom. The zero-order chi connectivity index (χ0) is 22.6. The van der Waals surface area contributed by atoms with Crippen molar-refractivity contribution in [2.45, 2.75) is 56.8 Å². The molecule has 0 aliphatic heterocycles. The van der Waals surface area contributed by atoms with Crippen LogP contribution in [-0.4, -0.2) is 33.3 Å². The Balaban J connectivity index is 1.62. The highest BCUT2D eigenvalue weighted by Crippen LogP contribution is 2.42. The van der Waals surface area contributed by atoms with E-state index in [9.17, 15) is 18.0 Å². The largest absolute Gasteiger partial charge is 0.354 e. The third-order valence-corrected chi connectivity index (χ3v) is 8.27. The minimum Gasteiger partial charge on any atom is -0.354 e. The quantitative estimate of drug-likeness (QED) is 0.559. The summed E-state index contributed by atoms with van der Waals surface area (Å²) in [6, 6.07) is 7.11. The van der Waals surface area contributed by atoms with Crippen LogP contribution in [0, 0.1) is 13.8 Å². The van der Waals surface area contributed by atoms with Gasteiger partial charge >= 0.3 is 0 Å². The first-order valence-electron chi connectivity index (χ1n) is 10.3. The van der Waals surface area contributed by atoms with Gasteiger partial charge in [0.05, 0.1) is 11.4 Å². The van der Waals surface area contributed by atoms with E-state index in [0.717, 1.165) is 25.7 Å². The topological polar surface area (TPSA) is 104 Å². The number of hydrogen-bond donors (Lipinski definition) is 3. The monoisotopic (exact) mass is 463 g/mol. The molecule has 168 valence electrons. The smallest absolute Gasteiger partial charge is 0.241 e. The zero-order valence-electron chi connectivity index (χ0n) is 18.1. The molecule has 1 aliphatic rings. The van der Waals surface area contributed by atoms with Gasteiger partial charge in [-0.1, -0.05) is 18.9 Å². The van der Waals surface area contributed by atoms with Gasteiger partial charge in [0, 0.05) is 29.4 Å². The molecule has 0 atom stereocenters. The Hall–Kier alpha value is -2.23. The van der Waals surface area contributed by atoms with Gasteiger partial charge < -0.3 is 10.6 Å². The maximum atomic E-state index is 12.7. The Bertz CT molecular complexity index is 1030. The van der Waals surface area contributed by atoms with Crippen molar-refractivity contribution in [1.29, 1.82) is 0 Å². The normalized spacial score (nSPS) is 15.6. The molecule has 0 saturated heterocycles. The number of benzene rings is 1. The molecule has 9 heteroatoms. The molecule has 1 fully saturated rings. The molecule has 0 unspecified atom stereocenters. The summed E-state index contributed by atoms with van der Waals surface area (Å²) in [5.74, 6) is -0.575. The van der Waals surface area contributed by atoms with E-state index in [0.29, 0.717) is 23.4 Å². The van der Waals surface area contributed by atoms with Gasteiger partial charge in [0.15, 0.2) is 0 Å². The van der Waals surface area contributed by atoms with E-state index < -0.39 is 10.0 Å². The van der Waals surface area contributed by atoms with Gasteiger partial charge in [-0.05, 0) is 61.4 Å². The highest BCUT2D eigenvalue weighted by Gasteiger charge is 2.36. The lowest BCUT2D eigenvalue weighted by Gasteiger charge is -2.28. The first-order chi connectivity index (χ1) is 14.6. The van der Waals surface area contributed by atoms with Gasteiger partial charge in [0.2, 0.25) is 21.8 Å². The molecule has 7 nitrogen and oxygen atoms in total. The molecule has 3 rings (SSSR count). The second-order valence-electron chi connectivity index (χ2n) is 8.18. The number of nitrogens with one attached hydrogen (secondary N) is 3. The maximum Gasteiger partial charge on any atom is 0.241 e. The minimum absolute atomic E-state index is 0.0452. The number of carbonyl (C=O) groups is 2. The highest BCUT2D eigenvalue weighted by molar-refractivity contribution is 7.89. The molecule has 1 heterocycles. The van der Waals surface area contributed by atoms with E-state index in [2.05, 4.69) is 21.4 Å². The van der Waals surface area contributed by atoms with Crippen LogP contribution in [0.25, 0.3) is 0 Å². The summed E-state index contributed by atoms with van der Waals surface area (Å²) in [6.45, 7) is 5.05. The lowest BCUT2D eigenvalue weighted by molar-refractivity contribution is -0.120. The average Bonchev–Trinajstić information content (AvgIpc) is 3.40. The maximum absolute atomic E-state index is 12.7. The van der Waals surface area contributed by atoms with Gasteiger partial charge in [-0.2, -0.15) is 0 Å². The van der Waals surface area contributed by atoms with Crippen LogP contribution >= 0.6 is 11.3 Å². The van der Waals surface area contributed by atoms with E-state index in [4.69, 9.17) is 0 Å². The molecule has 1 aliphatic carbocycles. The fraction of sp³-hybridized carbons (Fsp3) is 0.455. The van der Waals surface area contributed by atoms with Gasteiger partial charge in [-0.3, -0.25) is 9.59 Å². The number of aryl methyl sites for hydroxylation is 2. The van der Waals surface area contributed by atoms with Gasteiger partial charge in [0.25, 0.3) is 0 Å². The second-order valence-corrected chi connectivity index (χ2v) is 10.9. The summed E-state index contributed by atoms with van der Waals surface area (Å²) in [4.78, 5) is 25.1. The van der Waals surface area contributed by atoms with Gasteiger partial charge in [0.1, 0.15) is 0 Å². The van der Waals surface area contributed by atoms with Crippen molar-refractivity contribution in [2.24, 2.45) is 0 Å². The average molecular weight is 464 g/mol. The summed E-state index contributed by atoms with van der Waals surface area (Å²) in [6.07, 6.45) is 4.32. The van der Waals surface area contributed by atoms with Crippen LogP contribution in [0.5, 0.6) is 0 Å². The molecule has 1 aromatic carbocycles. The van der Waals surface area contributed by atoms with Crippen LogP contribution < -0.4 is 15.4 Å². The zero-order valence-corrected chi connectivity index (χ0v) is 19.7. The van der Waals surface area contributed by atoms with E-state index in [-0.39, 0.29) is 28.7 Å². The van der Waals surface area contributed by atoms with E-state index in [1.165, 1.54) is 23.9 Å². The fourth-order valence-corrected chi connectivity index (χ4v) is 6.31. The van der Waals surface area contributed by atoms with Gasteiger partial charge in [-0.15, -0.1) is 11.3 Å². The summed E-state index contributed by atoms with van der Waals surface area (Å²) < 4.78 is 27.8. The second kappa shape index (κ2) is 9.50. The van der Waals surface area contributed by atoms with Crippen molar-refractivity contribution >= 4 is 38.9 Å². The summed E-state index contributed by atoms with van der Waals surface area (Å²) in [7, 11) is -3.86. The molecular weight excluding hydrogens is 434 g/mol. The number of amides is 2. The van der Waals surface area contributed by atoms with E-state index >= 15 is 0 Å². The Labute approximate surface area is 187 Å². The summed E-state index contributed by atoms with van der Waals surface area (Å²) in [5, 5.41) is 7.68. The Kier molecular flexibility index (Phi) is 7.18. The van der Waals surface area contributed by atoms with Crippen molar-refractivity contribution in [1.82, 2.24) is 10.0 Å². The minimum atomic E-state index is -3.86. The molecule has 2 aromatic rings. The number of rotatable bonds is 8. The van der Waals surface area contributed by atoms with Crippen LogP contribution in [0.15, 0.2) is 34.5 Å². The van der Waals surface area contributed by atoms with Crippen molar-refractivity contribution in [2.75, 3.05) is 18.4 Å². The number of hydrogen-bond acceptors (Lipinski definition) is 5. The van der Waals surface area contributed by atoms with Crippen molar-refractivity contribution in [3.8, 4) is 0 Å². The Morgan fingerprint density at radius 3 is 2.32 bits per heavy atom. The van der Waals surface area contributed by atoms with Crippen molar-refractivity contribution in [3.05, 3.63) is 45.6 Å². The third kappa shape index (κ3) is 5.53. The standard InChI is InChI=1S/C22H29N3O4S2/c1-15-11-18(12-16(2)21(15)25-17(3)26)31(28,29)24-13-20(27)23-14-22(8-4-5-9-22)19-7-6-10-30-19/h6-7,10-12,24H,4-5,8-9,13-14H2,1-3H3,(H,23,27)(H,25,26). The molecule has 31 heavy (non-hydrogen) atoms. The molecule has 1 saturated carbocycles. The van der Waals surface area contributed by atoms with Crippen LogP contribution in [0.3, 0.4) is 0 Å². The predicted molar refractivity (Wildman–Crippen MR) is 123 cm³/mol. The van der Waals surface area contributed by atoms with Crippen molar-refractivity contribution < 1.29 is 18.0 Å². The Morgan fingerprint density at radius 2 is 1.77 bits per heavy atom. The number of sulfonamides is 1. The first-order valence-corrected chi connectivity index (χ1v) is 12.7. The number of carbonyl (C=O) groups excluding carboxylic acids is 2. The molecular formula is C22H29N3O4S2. The van der Waals surface area contributed by atoms with E-state index in [1.807, 2.05) is 11.4 Å². The van der Waals surface area contributed by atoms with Crippen LogP contribution in [0.1, 0.15) is 48.6 Å². The summed E-state index contributed by atoms with van der Waals surface area (Å²) in [5.41, 5.74) is 1.83. The first kappa shape index (κ1) is 23.4. The highest BCUT2D eigenvalue weighted by atomic mass is 32.2. The molecule has 2 amide bonds. The molecule has 1 aromatic heterocycles. The van der Waals surface area contributed by atoms with Crippen molar-refractivity contribution in [3.63, 3.8) is 0 Å². The van der Waals surface area contributed by atoms with Crippen LogP contribution in [0.4, 0.5) is 5.69 Å². The number of thiophene rings is 1.